The Bertz CT molecular complexity index is 875. The van der Waals surface area contributed by atoms with Crippen LogP contribution in [0.2, 0.25) is 0 Å². The number of aromatic nitrogens is 2. The summed E-state index contributed by atoms with van der Waals surface area (Å²) in [4.78, 5) is 15.3. The van der Waals surface area contributed by atoms with Crippen molar-refractivity contribution in [2.75, 3.05) is 14.2 Å². The molecule has 0 saturated heterocycles. The van der Waals surface area contributed by atoms with Gasteiger partial charge in [-0.2, -0.15) is 4.98 Å². The number of carbonyl (C=O) groups excluding carboxylic acids is 1. The Balaban J connectivity index is 1.75. The third-order valence-corrected chi connectivity index (χ3v) is 3.51. The van der Waals surface area contributed by atoms with Gasteiger partial charge in [0.05, 0.1) is 19.8 Å². The molecule has 1 aromatic heterocycles. The lowest BCUT2D eigenvalue weighted by atomic mass is 10.2. The van der Waals surface area contributed by atoms with Crippen molar-refractivity contribution in [1.29, 1.82) is 0 Å². The van der Waals surface area contributed by atoms with Crippen LogP contribution in [0, 0.1) is 0 Å². The molecule has 0 aliphatic carbocycles. The minimum absolute atomic E-state index is 0.0607. The molecule has 0 saturated carbocycles. The van der Waals surface area contributed by atoms with Crippen LogP contribution >= 0.6 is 0 Å². The van der Waals surface area contributed by atoms with E-state index < -0.39 is 0 Å². The maximum Gasteiger partial charge on any atom is 0.264 e. The van der Waals surface area contributed by atoms with Crippen molar-refractivity contribution < 1.29 is 23.5 Å². The molecular formula is C18H16N2O5. The van der Waals surface area contributed by atoms with Gasteiger partial charge in [0, 0.05) is 5.56 Å². The minimum Gasteiger partial charge on any atom is -0.493 e. The minimum atomic E-state index is 0.0607. The Labute approximate surface area is 144 Å². The predicted molar refractivity (Wildman–Crippen MR) is 89.0 cm³/mol. The fourth-order valence-corrected chi connectivity index (χ4v) is 2.25. The van der Waals surface area contributed by atoms with E-state index in [4.69, 9.17) is 18.7 Å². The smallest absolute Gasteiger partial charge is 0.264 e. The molecule has 0 fully saturated rings. The maximum absolute atomic E-state index is 11.0. The van der Waals surface area contributed by atoms with Crippen molar-refractivity contribution in [3.8, 4) is 28.6 Å². The predicted octanol–water partition coefficient (Wildman–Crippen LogP) is 3.15. The zero-order valence-corrected chi connectivity index (χ0v) is 13.8. The number of para-hydroxylation sites is 1. The third-order valence-electron chi connectivity index (χ3n) is 3.51. The van der Waals surface area contributed by atoms with Gasteiger partial charge in [-0.15, -0.1) is 0 Å². The van der Waals surface area contributed by atoms with Crippen LogP contribution in [0.1, 0.15) is 16.2 Å². The molecule has 0 radical (unpaired) electrons. The van der Waals surface area contributed by atoms with Crippen molar-refractivity contribution in [1.82, 2.24) is 10.1 Å². The zero-order valence-electron chi connectivity index (χ0n) is 13.8. The molecule has 0 spiro atoms. The van der Waals surface area contributed by atoms with Gasteiger partial charge in [-0.25, -0.2) is 0 Å². The van der Waals surface area contributed by atoms with Gasteiger partial charge in [-0.3, -0.25) is 4.79 Å². The number of methoxy groups -OCH3 is 2. The molecule has 25 heavy (non-hydrogen) atoms. The SMILES string of the molecule is COc1ccc(-c2noc(COc3ccccc3C=O)n2)cc1OC. The highest BCUT2D eigenvalue weighted by Gasteiger charge is 2.13. The van der Waals surface area contributed by atoms with Crippen LogP contribution in [0.5, 0.6) is 17.2 Å². The third kappa shape index (κ3) is 3.60. The van der Waals surface area contributed by atoms with Crippen molar-refractivity contribution in [3.63, 3.8) is 0 Å². The Hall–Kier alpha value is -3.35. The summed E-state index contributed by atoms with van der Waals surface area (Å²) >= 11 is 0. The van der Waals surface area contributed by atoms with E-state index in [1.165, 1.54) is 0 Å². The Morgan fingerprint density at radius 2 is 1.84 bits per heavy atom. The van der Waals surface area contributed by atoms with Crippen LogP contribution in [-0.2, 0) is 6.61 Å². The molecule has 0 amide bonds. The van der Waals surface area contributed by atoms with E-state index in [2.05, 4.69) is 10.1 Å². The van der Waals surface area contributed by atoms with Crippen molar-refractivity contribution in [2.45, 2.75) is 6.61 Å². The van der Waals surface area contributed by atoms with Gasteiger partial charge in [0.25, 0.3) is 5.89 Å². The molecule has 7 heteroatoms. The molecule has 0 aliphatic heterocycles. The van der Waals surface area contributed by atoms with Gasteiger partial charge in [-0.1, -0.05) is 17.3 Å². The summed E-state index contributed by atoms with van der Waals surface area (Å²) in [6, 6.07) is 12.2. The molecule has 3 aromatic rings. The van der Waals surface area contributed by atoms with E-state index in [9.17, 15) is 4.79 Å². The lowest BCUT2D eigenvalue weighted by Gasteiger charge is -2.07. The molecule has 0 bridgehead atoms. The molecule has 128 valence electrons. The van der Waals surface area contributed by atoms with Gasteiger partial charge in [0.2, 0.25) is 5.82 Å². The number of carbonyl (C=O) groups is 1. The second kappa shape index (κ2) is 7.48. The summed E-state index contributed by atoms with van der Waals surface area (Å²) in [5, 5.41) is 3.94. The standard InChI is InChI=1S/C18H16N2O5/c1-22-15-8-7-12(9-16(15)23-2)18-19-17(25-20-18)11-24-14-6-4-3-5-13(14)10-21/h3-10H,11H2,1-2H3. The first-order valence-electron chi connectivity index (χ1n) is 7.47. The topological polar surface area (TPSA) is 83.7 Å². The van der Waals surface area contributed by atoms with Crippen LogP contribution in [0.15, 0.2) is 47.0 Å². The first-order chi connectivity index (χ1) is 12.2. The number of rotatable bonds is 7. The van der Waals surface area contributed by atoms with Crippen molar-refractivity contribution >= 4 is 6.29 Å². The highest BCUT2D eigenvalue weighted by Crippen LogP contribution is 2.31. The van der Waals surface area contributed by atoms with E-state index >= 15 is 0 Å². The Morgan fingerprint density at radius 3 is 2.60 bits per heavy atom. The van der Waals surface area contributed by atoms with Gasteiger partial charge in [0.1, 0.15) is 5.75 Å². The monoisotopic (exact) mass is 340 g/mol. The number of ether oxygens (including phenoxy) is 3. The molecule has 2 aromatic carbocycles. The highest BCUT2D eigenvalue weighted by atomic mass is 16.5. The summed E-state index contributed by atoms with van der Waals surface area (Å²) in [6.45, 7) is 0.0607. The Morgan fingerprint density at radius 1 is 1.04 bits per heavy atom. The molecule has 0 aliphatic rings. The number of hydrogen-bond acceptors (Lipinski definition) is 7. The zero-order chi connectivity index (χ0) is 17.6. The van der Waals surface area contributed by atoms with Crippen LogP contribution in [0.3, 0.4) is 0 Å². The fraction of sp³-hybridized carbons (Fsp3) is 0.167. The van der Waals surface area contributed by atoms with Gasteiger partial charge in [0.15, 0.2) is 24.4 Å². The number of benzene rings is 2. The fourth-order valence-electron chi connectivity index (χ4n) is 2.25. The number of hydrogen-bond donors (Lipinski definition) is 0. The first kappa shape index (κ1) is 16.5. The van der Waals surface area contributed by atoms with E-state index in [1.807, 2.05) is 0 Å². The van der Waals surface area contributed by atoms with Crippen molar-refractivity contribution in [2.24, 2.45) is 0 Å². The highest BCUT2D eigenvalue weighted by molar-refractivity contribution is 5.79. The molecule has 0 unspecified atom stereocenters. The van der Waals surface area contributed by atoms with E-state index in [0.717, 1.165) is 11.8 Å². The van der Waals surface area contributed by atoms with Gasteiger partial charge in [-0.05, 0) is 30.3 Å². The second-order valence-electron chi connectivity index (χ2n) is 5.03. The molecule has 0 atom stereocenters. The summed E-state index contributed by atoms with van der Waals surface area (Å²) in [6.07, 6.45) is 0.734. The van der Waals surface area contributed by atoms with E-state index in [1.54, 1.807) is 56.7 Å². The first-order valence-corrected chi connectivity index (χ1v) is 7.47. The average Bonchev–Trinajstić information content (AvgIpc) is 3.15. The maximum atomic E-state index is 11.0. The lowest BCUT2D eigenvalue weighted by molar-refractivity contribution is 0.111. The van der Waals surface area contributed by atoms with E-state index in [0.29, 0.717) is 34.5 Å². The quantitative estimate of drug-likeness (QED) is 0.611. The lowest BCUT2D eigenvalue weighted by Crippen LogP contribution is -1.98. The number of nitrogens with zero attached hydrogens (tertiary/aromatic N) is 2. The van der Waals surface area contributed by atoms with Crippen LogP contribution in [0.25, 0.3) is 11.4 Å². The normalized spacial score (nSPS) is 10.3. The van der Waals surface area contributed by atoms with Crippen LogP contribution < -0.4 is 14.2 Å². The Kier molecular flexibility index (Phi) is 4.94. The molecule has 1 heterocycles. The van der Waals surface area contributed by atoms with Gasteiger partial charge >= 0.3 is 0 Å². The summed E-state index contributed by atoms with van der Waals surface area (Å²) < 4.78 is 21.2. The van der Waals surface area contributed by atoms with Crippen molar-refractivity contribution in [3.05, 3.63) is 53.9 Å². The second-order valence-corrected chi connectivity index (χ2v) is 5.03. The van der Waals surface area contributed by atoms with Gasteiger partial charge < -0.3 is 18.7 Å². The molecule has 3 rings (SSSR count). The van der Waals surface area contributed by atoms with E-state index in [-0.39, 0.29) is 6.61 Å². The number of aldehydes is 1. The molecule has 0 N–H and O–H groups in total. The average molecular weight is 340 g/mol. The summed E-state index contributed by atoms with van der Waals surface area (Å²) in [5.74, 6) is 2.35. The molecular weight excluding hydrogens is 324 g/mol. The summed E-state index contributed by atoms with van der Waals surface area (Å²) in [7, 11) is 3.13. The molecule has 7 nitrogen and oxygen atoms in total. The van der Waals surface area contributed by atoms with Crippen LogP contribution in [-0.4, -0.2) is 30.6 Å². The largest absolute Gasteiger partial charge is 0.493 e. The van der Waals surface area contributed by atoms with Crippen LogP contribution in [0.4, 0.5) is 0 Å². The summed E-state index contributed by atoms with van der Waals surface area (Å²) in [5.41, 5.74) is 1.18.